The van der Waals surface area contributed by atoms with Gasteiger partial charge >= 0.3 is 0 Å². The molecule has 0 aliphatic rings. The van der Waals surface area contributed by atoms with Crippen molar-refractivity contribution in [3.05, 3.63) is 77.1 Å². The summed E-state index contributed by atoms with van der Waals surface area (Å²) in [5, 5.41) is 11.1. The molecule has 0 saturated carbocycles. The molecule has 29 heavy (non-hydrogen) atoms. The van der Waals surface area contributed by atoms with Gasteiger partial charge in [0, 0.05) is 12.1 Å². The molecule has 0 aliphatic heterocycles. The maximum absolute atomic E-state index is 11.1. The van der Waals surface area contributed by atoms with Crippen LogP contribution in [0.3, 0.4) is 0 Å². The van der Waals surface area contributed by atoms with Crippen molar-refractivity contribution in [3.63, 3.8) is 0 Å². The van der Waals surface area contributed by atoms with Crippen molar-refractivity contribution in [1.29, 1.82) is 0 Å². The first kappa shape index (κ1) is 21.3. The molecule has 1 aromatic carbocycles. The molecule has 2 heterocycles. The van der Waals surface area contributed by atoms with Crippen molar-refractivity contribution < 1.29 is 13.9 Å². The van der Waals surface area contributed by atoms with E-state index in [4.69, 9.17) is 8.83 Å². The van der Waals surface area contributed by atoms with E-state index >= 15 is 0 Å². The SMILES string of the molecule is CC(C)(C)c1cc(CN(Cc2ccco2)Cc2ccco2)c(O)c(C(C)(C)C)c1. The zero-order chi connectivity index (χ0) is 21.2. The third-order valence-electron chi connectivity index (χ3n) is 5.18. The second-order valence-corrected chi connectivity index (χ2v) is 9.84. The fourth-order valence-corrected chi connectivity index (χ4v) is 3.47. The monoisotopic (exact) mass is 395 g/mol. The Kier molecular flexibility index (Phi) is 5.95. The molecule has 156 valence electrons. The summed E-state index contributed by atoms with van der Waals surface area (Å²) in [6.07, 6.45) is 3.38. The van der Waals surface area contributed by atoms with Crippen LogP contribution in [0.1, 0.15) is 69.8 Å². The van der Waals surface area contributed by atoms with Crippen molar-refractivity contribution in [3.8, 4) is 5.75 Å². The van der Waals surface area contributed by atoms with Gasteiger partial charge in [-0.25, -0.2) is 0 Å². The first-order chi connectivity index (χ1) is 13.5. The van der Waals surface area contributed by atoms with Crippen molar-refractivity contribution >= 4 is 0 Å². The number of nitrogens with zero attached hydrogens (tertiary/aromatic N) is 1. The highest BCUT2D eigenvalue weighted by atomic mass is 16.3. The molecular formula is C25H33NO3. The largest absolute Gasteiger partial charge is 0.507 e. The lowest BCUT2D eigenvalue weighted by Crippen LogP contribution is -2.24. The predicted molar refractivity (Wildman–Crippen MR) is 116 cm³/mol. The van der Waals surface area contributed by atoms with Crippen LogP contribution in [0.4, 0.5) is 0 Å². The lowest BCUT2D eigenvalue weighted by molar-refractivity contribution is 0.207. The van der Waals surface area contributed by atoms with Gasteiger partial charge in [0.1, 0.15) is 17.3 Å². The van der Waals surface area contributed by atoms with E-state index in [-0.39, 0.29) is 10.8 Å². The van der Waals surface area contributed by atoms with E-state index < -0.39 is 0 Å². The van der Waals surface area contributed by atoms with Crippen LogP contribution in [0.5, 0.6) is 5.75 Å². The summed E-state index contributed by atoms with van der Waals surface area (Å²) >= 11 is 0. The Hall–Kier alpha value is -2.46. The van der Waals surface area contributed by atoms with E-state index in [1.807, 2.05) is 24.3 Å². The number of phenols is 1. The number of hydrogen-bond acceptors (Lipinski definition) is 4. The van der Waals surface area contributed by atoms with Gasteiger partial charge in [-0.15, -0.1) is 0 Å². The van der Waals surface area contributed by atoms with Gasteiger partial charge in [0.05, 0.1) is 25.6 Å². The van der Waals surface area contributed by atoms with E-state index in [0.717, 1.165) is 22.6 Å². The van der Waals surface area contributed by atoms with Gasteiger partial charge in [-0.1, -0.05) is 53.7 Å². The average molecular weight is 396 g/mol. The summed E-state index contributed by atoms with van der Waals surface area (Å²) in [4.78, 5) is 2.23. The Morgan fingerprint density at radius 3 is 1.76 bits per heavy atom. The molecule has 0 bridgehead atoms. The topological polar surface area (TPSA) is 49.8 Å². The molecule has 0 saturated heterocycles. The lowest BCUT2D eigenvalue weighted by atomic mass is 9.79. The molecule has 0 unspecified atom stereocenters. The normalized spacial score (nSPS) is 12.7. The van der Waals surface area contributed by atoms with E-state index in [1.165, 1.54) is 5.56 Å². The minimum atomic E-state index is -0.146. The van der Waals surface area contributed by atoms with Gasteiger partial charge in [-0.05, 0) is 46.2 Å². The molecular weight excluding hydrogens is 362 g/mol. The van der Waals surface area contributed by atoms with Gasteiger partial charge < -0.3 is 13.9 Å². The Morgan fingerprint density at radius 2 is 1.34 bits per heavy atom. The fraction of sp³-hybridized carbons (Fsp3) is 0.440. The summed E-state index contributed by atoms with van der Waals surface area (Å²) in [5.74, 6) is 2.16. The van der Waals surface area contributed by atoms with Crippen LogP contribution in [0.2, 0.25) is 0 Å². The standard InChI is InChI=1S/C25H33NO3/c1-24(2,3)19-13-18(23(27)22(14-19)25(4,5)6)15-26(16-20-9-7-11-28-20)17-21-10-8-12-29-21/h7-14,27H,15-17H2,1-6H3. The molecule has 0 atom stereocenters. The quantitative estimate of drug-likeness (QED) is 0.526. The van der Waals surface area contributed by atoms with Crippen LogP contribution in [0.25, 0.3) is 0 Å². The summed E-state index contributed by atoms with van der Waals surface area (Å²) < 4.78 is 11.1. The van der Waals surface area contributed by atoms with E-state index in [0.29, 0.717) is 25.4 Å². The highest BCUT2D eigenvalue weighted by Gasteiger charge is 2.26. The third kappa shape index (κ3) is 5.33. The maximum Gasteiger partial charge on any atom is 0.123 e. The van der Waals surface area contributed by atoms with Crippen molar-refractivity contribution in [2.45, 2.75) is 72.0 Å². The van der Waals surface area contributed by atoms with E-state index in [1.54, 1.807) is 12.5 Å². The average Bonchev–Trinajstić information content (AvgIpc) is 3.28. The van der Waals surface area contributed by atoms with Crippen LogP contribution >= 0.6 is 0 Å². The molecule has 0 spiro atoms. The minimum absolute atomic E-state index is 0.00466. The lowest BCUT2D eigenvalue weighted by Gasteiger charge is -2.29. The number of rotatable bonds is 6. The molecule has 3 rings (SSSR count). The smallest absolute Gasteiger partial charge is 0.123 e. The first-order valence-electron chi connectivity index (χ1n) is 10.2. The van der Waals surface area contributed by atoms with Crippen molar-refractivity contribution in [2.24, 2.45) is 0 Å². The van der Waals surface area contributed by atoms with Crippen LogP contribution in [-0.4, -0.2) is 10.0 Å². The number of aromatic hydroxyl groups is 1. The molecule has 0 amide bonds. The zero-order valence-electron chi connectivity index (χ0n) is 18.5. The summed E-state index contributed by atoms with van der Waals surface area (Å²) in [7, 11) is 0. The molecule has 2 aromatic heterocycles. The zero-order valence-corrected chi connectivity index (χ0v) is 18.5. The van der Waals surface area contributed by atoms with Gasteiger partial charge in [0.25, 0.3) is 0 Å². The van der Waals surface area contributed by atoms with Gasteiger partial charge in [0.2, 0.25) is 0 Å². The van der Waals surface area contributed by atoms with Crippen LogP contribution < -0.4 is 0 Å². The number of furan rings is 2. The predicted octanol–water partition coefficient (Wildman–Crippen LogP) is 6.38. The fourth-order valence-electron chi connectivity index (χ4n) is 3.47. The minimum Gasteiger partial charge on any atom is -0.507 e. The second kappa shape index (κ2) is 8.11. The van der Waals surface area contributed by atoms with Crippen molar-refractivity contribution in [1.82, 2.24) is 4.90 Å². The molecule has 1 N–H and O–H groups in total. The summed E-state index contributed by atoms with van der Waals surface area (Å²) in [6, 6.07) is 12.0. The van der Waals surface area contributed by atoms with Gasteiger partial charge in [0.15, 0.2) is 0 Å². The van der Waals surface area contributed by atoms with Crippen LogP contribution in [0.15, 0.2) is 57.8 Å². The summed E-state index contributed by atoms with van der Waals surface area (Å²) in [5.41, 5.74) is 2.99. The Bertz CT molecular complexity index is 874. The first-order valence-corrected chi connectivity index (χ1v) is 10.2. The number of benzene rings is 1. The van der Waals surface area contributed by atoms with Gasteiger partial charge in [-0.3, -0.25) is 4.90 Å². The molecule has 3 aromatic rings. The van der Waals surface area contributed by atoms with E-state index in [2.05, 4.69) is 58.6 Å². The number of phenolic OH excluding ortho intramolecular Hbond substituents is 1. The third-order valence-corrected chi connectivity index (χ3v) is 5.18. The van der Waals surface area contributed by atoms with Crippen LogP contribution in [0, 0.1) is 0 Å². The molecule has 4 heteroatoms. The highest BCUT2D eigenvalue weighted by Crippen LogP contribution is 2.38. The second-order valence-electron chi connectivity index (χ2n) is 9.84. The van der Waals surface area contributed by atoms with E-state index in [9.17, 15) is 5.11 Å². The molecule has 0 radical (unpaired) electrons. The number of hydrogen-bond donors (Lipinski definition) is 1. The molecule has 0 fully saturated rings. The maximum atomic E-state index is 11.1. The van der Waals surface area contributed by atoms with Crippen molar-refractivity contribution in [2.75, 3.05) is 0 Å². The van der Waals surface area contributed by atoms with Gasteiger partial charge in [-0.2, -0.15) is 0 Å². The Labute approximate surface area is 174 Å². The molecule has 4 nitrogen and oxygen atoms in total. The summed E-state index contributed by atoms with van der Waals surface area (Å²) in [6.45, 7) is 14.9. The van der Waals surface area contributed by atoms with Crippen LogP contribution in [-0.2, 0) is 30.5 Å². The Morgan fingerprint density at radius 1 is 0.793 bits per heavy atom. The highest BCUT2D eigenvalue weighted by molar-refractivity contribution is 5.48. The Balaban J connectivity index is 1.99. The molecule has 0 aliphatic carbocycles.